The maximum absolute atomic E-state index is 11.4. The van der Waals surface area contributed by atoms with Crippen LogP contribution in [-0.4, -0.2) is 12.1 Å². The van der Waals surface area contributed by atoms with Crippen molar-refractivity contribution in [3.63, 3.8) is 0 Å². The molecule has 0 N–H and O–H groups in total. The van der Waals surface area contributed by atoms with Gasteiger partial charge in [-0.05, 0) is 12.0 Å². The summed E-state index contributed by atoms with van der Waals surface area (Å²) in [5.41, 5.74) is 0.928. The molecule has 2 nitrogen and oxygen atoms in total. The predicted octanol–water partition coefficient (Wildman–Crippen LogP) is 2.73. The van der Waals surface area contributed by atoms with E-state index in [0.29, 0.717) is 12.8 Å². The summed E-state index contributed by atoms with van der Waals surface area (Å²) in [6.45, 7) is 1.97. The fourth-order valence-electron chi connectivity index (χ4n) is 1.57. The largest absolute Gasteiger partial charge is 0.303 e. The molecule has 0 fully saturated rings. The Balaban J connectivity index is 2.65. The van der Waals surface area contributed by atoms with Gasteiger partial charge in [-0.15, -0.1) is 0 Å². The molecule has 0 bridgehead atoms. The van der Waals surface area contributed by atoms with Gasteiger partial charge in [-0.3, -0.25) is 4.79 Å². The van der Waals surface area contributed by atoms with E-state index < -0.39 is 0 Å². The highest BCUT2D eigenvalue weighted by molar-refractivity contribution is 5.83. The fourth-order valence-corrected chi connectivity index (χ4v) is 1.57. The summed E-state index contributed by atoms with van der Waals surface area (Å²) in [6.07, 6.45) is 2.61. The van der Waals surface area contributed by atoms with Crippen LogP contribution in [0.15, 0.2) is 30.3 Å². The molecule has 80 valence electrons. The first kappa shape index (κ1) is 11.6. The van der Waals surface area contributed by atoms with Gasteiger partial charge in [-0.2, -0.15) is 0 Å². The van der Waals surface area contributed by atoms with Crippen LogP contribution in [0.1, 0.15) is 37.7 Å². The van der Waals surface area contributed by atoms with Crippen LogP contribution in [-0.2, 0) is 9.59 Å². The van der Waals surface area contributed by atoms with Crippen molar-refractivity contribution in [2.75, 3.05) is 0 Å². The van der Waals surface area contributed by atoms with Crippen molar-refractivity contribution >= 4 is 12.1 Å². The summed E-state index contributed by atoms with van der Waals surface area (Å²) >= 11 is 0. The Bertz CT molecular complexity index is 317. The van der Waals surface area contributed by atoms with E-state index in [4.69, 9.17) is 0 Å². The molecule has 0 saturated carbocycles. The topological polar surface area (TPSA) is 34.1 Å². The third-order valence-corrected chi connectivity index (χ3v) is 2.37. The highest BCUT2D eigenvalue weighted by Gasteiger charge is 2.13. The molecule has 1 rings (SSSR count). The summed E-state index contributed by atoms with van der Waals surface area (Å²) in [5, 5.41) is 0. The minimum atomic E-state index is -0.273. The highest BCUT2D eigenvalue weighted by atomic mass is 16.1. The highest BCUT2D eigenvalue weighted by Crippen LogP contribution is 2.18. The van der Waals surface area contributed by atoms with Crippen molar-refractivity contribution in [1.29, 1.82) is 0 Å². The minimum absolute atomic E-state index is 0.165. The Morgan fingerprint density at radius 3 is 2.53 bits per heavy atom. The molecule has 1 unspecified atom stereocenters. The van der Waals surface area contributed by atoms with E-state index in [2.05, 4.69) is 0 Å². The Kier molecular flexibility index (Phi) is 4.75. The molecule has 1 aromatic rings. The van der Waals surface area contributed by atoms with E-state index in [-0.39, 0.29) is 11.7 Å². The van der Waals surface area contributed by atoms with Gasteiger partial charge in [0, 0.05) is 18.8 Å². The van der Waals surface area contributed by atoms with E-state index in [1.54, 1.807) is 0 Å². The van der Waals surface area contributed by atoms with Crippen LogP contribution < -0.4 is 0 Å². The third kappa shape index (κ3) is 3.66. The molecule has 0 aromatic heterocycles. The smallest absolute Gasteiger partial charge is 0.133 e. The second kappa shape index (κ2) is 6.12. The molecular formula is C13H16O2. The number of rotatable bonds is 6. The zero-order valence-electron chi connectivity index (χ0n) is 8.98. The van der Waals surface area contributed by atoms with Gasteiger partial charge < -0.3 is 4.79 Å². The molecule has 0 heterocycles. The fraction of sp³-hybridized carbons (Fsp3) is 0.385. The lowest BCUT2D eigenvalue weighted by atomic mass is 9.94. The van der Waals surface area contributed by atoms with Gasteiger partial charge in [-0.25, -0.2) is 0 Å². The lowest BCUT2D eigenvalue weighted by Crippen LogP contribution is -2.07. The number of ketones is 1. The van der Waals surface area contributed by atoms with Crippen molar-refractivity contribution in [1.82, 2.24) is 0 Å². The molecule has 0 aliphatic carbocycles. The second-order valence-electron chi connectivity index (χ2n) is 3.65. The van der Waals surface area contributed by atoms with Crippen LogP contribution in [0.25, 0.3) is 0 Å². The predicted molar refractivity (Wildman–Crippen MR) is 59.8 cm³/mol. The van der Waals surface area contributed by atoms with Crippen LogP contribution in [0.3, 0.4) is 0 Å². The maximum Gasteiger partial charge on any atom is 0.133 e. The van der Waals surface area contributed by atoms with Gasteiger partial charge in [0.2, 0.25) is 0 Å². The molecule has 15 heavy (non-hydrogen) atoms. The van der Waals surface area contributed by atoms with Crippen molar-refractivity contribution in [3.05, 3.63) is 35.9 Å². The van der Waals surface area contributed by atoms with Crippen molar-refractivity contribution < 1.29 is 9.59 Å². The zero-order valence-corrected chi connectivity index (χ0v) is 8.98. The molecule has 0 saturated heterocycles. The quantitative estimate of drug-likeness (QED) is 0.668. The number of carbonyl (C=O) groups excluding carboxylic acids is 2. The summed E-state index contributed by atoms with van der Waals surface area (Å²) in [7, 11) is 0. The third-order valence-electron chi connectivity index (χ3n) is 2.37. The van der Waals surface area contributed by atoms with E-state index in [0.717, 1.165) is 18.3 Å². The van der Waals surface area contributed by atoms with Crippen LogP contribution >= 0.6 is 0 Å². The van der Waals surface area contributed by atoms with Crippen LogP contribution in [0.2, 0.25) is 0 Å². The van der Waals surface area contributed by atoms with E-state index in [9.17, 15) is 9.59 Å². The molecule has 0 radical (unpaired) electrons. The van der Waals surface area contributed by atoms with Crippen molar-refractivity contribution in [2.45, 2.75) is 32.1 Å². The zero-order chi connectivity index (χ0) is 11.1. The summed E-state index contributed by atoms with van der Waals surface area (Å²) in [6, 6.07) is 9.45. The Hall–Kier alpha value is -1.44. The molecule has 1 aromatic carbocycles. The number of hydrogen-bond acceptors (Lipinski definition) is 2. The molecule has 1 atom stereocenters. The van der Waals surface area contributed by atoms with Gasteiger partial charge in [0.15, 0.2) is 0 Å². The molecule has 0 amide bonds. The van der Waals surface area contributed by atoms with E-state index >= 15 is 0 Å². The van der Waals surface area contributed by atoms with Gasteiger partial charge in [0.25, 0.3) is 0 Å². The van der Waals surface area contributed by atoms with Gasteiger partial charge in [0.05, 0.1) is 0 Å². The average Bonchev–Trinajstić information content (AvgIpc) is 2.27. The van der Waals surface area contributed by atoms with E-state index in [1.807, 2.05) is 37.3 Å². The lowest BCUT2D eigenvalue weighted by Gasteiger charge is -2.08. The number of hydrogen-bond donors (Lipinski definition) is 0. The Morgan fingerprint density at radius 1 is 1.33 bits per heavy atom. The Labute approximate surface area is 90.3 Å². The van der Waals surface area contributed by atoms with Gasteiger partial charge >= 0.3 is 0 Å². The molecule has 2 heteroatoms. The van der Waals surface area contributed by atoms with Gasteiger partial charge in [0.1, 0.15) is 12.1 Å². The normalized spacial score (nSPS) is 12.1. The molecular weight excluding hydrogens is 188 g/mol. The summed E-state index contributed by atoms with van der Waals surface area (Å²) in [5.74, 6) is -0.108. The summed E-state index contributed by atoms with van der Waals surface area (Å²) in [4.78, 5) is 22.3. The first-order chi connectivity index (χ1) is 7.27. The monoisotopic (exact) mass is 204 g/mol. The molecule has 0 aliphatic rings. The van der Waals surface area contributed by atoms with E-state index in [1.165, 1.54) is 0 Å². The number of carbonyl (C=O) groups is 2. The summed E-state index contributed by atoms with van der Waals surface area (Å²) < 4.78 is 0. The minimum Gasteiger partial charge on any atom is -0.303 e. The molecule has 0 spiro atoms. The second-order valence-corrected chi connectivity index (χ2v) is 3.65. The molecule has 0 aliphatic heterocycles. The number of benzene rings is 1. The average molecular weight is 204 g/mol. The lowest BCUT2D eigenvalue weighted by molar-refractivity contribution is -0.121. The van der Waals surface area contributed by atoms with Gasteiger partial charge in [-0.1, -0.05) is 37.3 Å². The van der Waals surface area contributed by atoms with Crippen LogP contribution in [0, 0.1) is 0 Å². The van der Waals surface area contributed by atoms with Crippen molar-refractivity contribution in [2.24, 2.45) is 0 Å². The maximum atomic E-state index is 11.4. The van der Waals surface area contributed by atoms with Crippen molar-refractivity contribution in [3.8, 4) is 0 Å². The first-order valence-corrected chi connectivity index (χ1v) is 5.29. The Morgan fingerprint density at radius 2 is 2.00 bits per heavy atom. The van der Waals surface area contributed by atoms with Crippen LogP contribution in [0.4, 0.5) is 0 Å². The number of aldehydes is 1. The number of Topliss-reactive ketones (excluding diaryl/α,β-unsaturated/α-hetero) is 1. The van der Waals surface area contributed by atoms with Crippen LogP contribution in [0.5, 0.6) is 0 Å². The first-order valence-electron chi connectivity index (χ1n) is 5.29. The SMILES string of the molecule is CCCC(=O)CC(C=O)c1ccccc1. The standard InChI is InChI=1S/C13H16O2/c1-2-6-13(15)9-12(10-14)11-7-4-3-5-8-11/h3-5,7-8,10,12H,2,6,9H2,1H3.